The van der Waals surface area contributed by atoms with Gasteiger partial charge in [0.25, 0.3) is 0 Å². The molecule has 8 heteroatoms. The Kier molecular flexibility index (Phi) is 9.21. The minimum Gasteiger partial charge on any atom is -0.491 e. The van der Waals surface area contributed by atoms with E-state index in [4.69, 9.17) is 23.5 Å². The average molecular weight is 348 g/mol. The fraction of sp³-hybridized carbons (Fsp3) is 0.600. The summed E-state index contributed by atoms with van der Waals surface area (Å²) in [6, 6.07) is 5.13. The first kappa shape index (κ1) is 19.9. The molecule has 1 unspecified atom stereocenters. The number of benzene rings is 1. The number of hydrogen-bond acceptors (Lipinski definition) is 6. The van der Waals surface area contributed by atoms with Crippen molar-refractivity contribution >= 4 is 7.60 Å². The van der Waals surface area contributed by atoms with Gasteiger partial charge in [0.05, 0.1) is 26.0 Å². The summed E-state index contributed by atoms with van der Waals surface area (Å²) >= 11 is 0. The van der Waals surface area contributed by atoms with Crippen LogP contribution in [-0.4, -0.2) is 52.1 Å². The molecule has 1 N–H and O–H groups in total. The van der Waals surface area contributed by atoms with Crippen LogP contribution in [0.3, 0.4) is 0 Å². The summed E-state index contributed by atoms with van der Waals surface area (Å²) in [7, 11) is -0.557. The van der Waals surface area contributed by atoms with Gasteiger partial charge in [-0.25, -0.2) is 0 Å². The second-order valence-electron chi connectivity index (χ2n) is 4.67. The van der Waals surface area contributed by atoms with Crippen molar-refractivity contribution in [3.63, 3.8) is 0 Å². The smallest absolute Gasteiger partial charge is 0.332 e. The van der Waals surface area contributed by atoms with E-state index in [9.17, 15) is 9.46 Å². The molecule has 23 heavy (non-hydrogen) atoms. The van der Waals surface area contributed by atoms with Crippen molar-refractivity contribution in [3.05, 3.63) is 23.8 Å². The molecule has 0 saturated heterocycles. The Labute approximate surface area is 137 Å². The molecule has 0 aliphatic carbocycles. The zero-order chi connectivity index (χ0) is 17.1. The van der Waals surface area contributed by atoms with Gasteiger partial charge >= 0.3 is 7.60 Å². The van der Waals surface area contributed by atoms with Gasteiger partial charge in [0.2, 0.25) is 0 Å². The van der Waals surface area contributed by atoms with E-state index in [1.54, 1.807) is 39.3 Å². The lowest BCUT2D eigenvalue weighted by Crippen LogP contribution is -2.08. The van der Waals surface area contributed by atoms with E-state index in [2.05, 4.69) is 0 Å². The fourth-order valence-electron chi connectivity index (χ4n) is 1.85. The lowest BCUT2D eigenvalue weighted by atomic mass is 10.2. The SMILES string of the molecule is CCOP(=O)(O)Cc1cc(OCCOC)ccc1OCCOC. The van der Waals surface area contributed by atoms with Crippen LogP contribution in [0.15, 0.2) is 18.2 Å². The van der Waals surface area contributed by atoms with Gasteiger partial charge in [-0.1, -0.05) is 0 Å². The Hall–Kier alpha value is -1.11. The summed E-state index contributed by atoms with van der Waals surface area (Å²) in [5, 5.41) is 0. The van der Waals surface area contributed by atoms with Crippen LogP contribution < -0.4 is 9.47 Å². The van der Waals surface area contributed by atoms with Crippen molar-refractivity contribution in [2.45, 2.75) is 13.1 Å². The van der Waals surface area contributed by atoms with Crippen LogP contribution >= 0.6 is 7.60 Å². The molecular weight excluding hydrogens is 323 g/mol. The van der Waals surface area contributed by atoms with E-state index in [1.165, 1.54) is 0 Å². The summed E-state index contributed by atoms with van der Waals surface area (Å²) in [5.74, 6) is 1.09. The molecular formula is C15H25O7P. The van der Waals surface area contributed by atoms with Crippen molar-refractivity contribution in [2.75, 3.05) is 47.3 Å². The predicted molar refractivity (Wildman–Crippen MR) is 86.3 cm³/mol. The Morgan fingerprint density at radius 3 is 2.30 bits per heavy atom. The average Bonchev–Trinajstić information content (AvgIpc) is 2.49. The molecule has 0 radical (unpaired) electrons. The maximum Gasteiger partial charge on any atom is 0.332 e. The molecule has 1 rings (SSSR count). The van der Waals surface area contributed by atoms with Crippen molar-refractivity contribution in [1.29, 1.82) is 0 Å². The highest BCUT2D eigenvalue weighted by Gasteiger charge is 2.22. The van der Waals surface area contributed by atoms with Crippen LogP contribution in [0.2, 0.25) is 0 Å². The molecule has 1 aromatic carbocycles. The largest absolute Gasteiger partial charge is 0.491 e. The van der Waals surface area contributed by atoms with Gasteiger partial charge in [-0.2, -0.15) is 0 Å². The number of rotatable bonds is 12. The molecule has 0 heterocycles. The lowest BCUT2D eigenvalue weighted by Gasteiger charge is -2.16. The maximum absolute atomic E-state index is 12.0. The number of methoxy groups -OCH3 is 2. The minimum absolute atomic E-state index is 0.148. The third kappa shape index (κ3) is 7.81. The zero-order valence-electron chi connectivity index (χ0n) is 13.8. The molecule has 1 aromatic rings. The number of hydrogen-bond donors (Lipinski definition) is 1. The first-order valence-corrected chi connectivity index (χ1v) is 9.11. The first-order valence-electron chi connectivity index (χ1n) is 7.35. The Balaban J connectivity index is 2.88. The monoisotopic (exact) mass is 348 g/mol. The van der Waals surface area contributed by atoms with Crippen LogP contribution in [0.5, 0.6) is 11.5 Å². The summed E-state index contributed by atoms with van der Waals surface area (Å²) in [4.78, 5) is 9.86. The molecule has 0 aliphatic rings. The normalized spacial score (nSPS) is 13.6. The Bertz CT molecular complexity index is 507. The van der Waals surface area contributed by atoms with E-state index < -0.39 is 7.60 Å². The first-order chi connectivity index (χ1) is 11.0. The molecule has 132 valence electrons. The highest BCUT2D eigenvalue weighted by Crippen LogP contribution is 2.47. The van der Waals surface area contributed by atoms with Gasteiger partial charge in [0.15, 0.2) is 0 Å². The van der Waals surface area contributed by atoms with Crippen molar-refractivity contribution in [2.24, 2.45) is 0 Å². The molecule has 0 spiro atoms. The van der Waals surface area contributed by atoms with Crippen LogP contribution in [-0.2, 0) is 24.7 Å². The maximum atomic E-state index is 12.0. The van der Waals surface area contributed by atoms with Crippen LogP contribution in [0, 0.1) is 0 Å². The summed E-state index contributed by atoms with van der Waals surface area (Å²) in [5.41, 5.74) is 0.551. The van der Waals surface area contributed by atoms with Gasteiger partial charge < -0.3 is 28.4 Å². The van der Waals surface area contributed by atoms with Crippen molar-refractivity contribution in [3.8, 4) is 11.5 Å². The highest BCUT2D eigenvalue weighted by atomic mass is 31.2. The van der Waals surface area contributed by atoms with E-state index >= 15 is 0 Å². The van der Waals surface area contributed by atoms with Crippen LogP contribution in [0.25, 0.3) is 0 Å². The highest BCUT2D eigenvalue weighted by molar-refractivity contribution is 7.51. The summed E-state index contributed by atoms with van der Waals surface area (Å²) in [6.45, 7) is 3.45. The van der Waals surface area contributed by atoms with E-state index in [-0.39, 0.29) is 12.8 Å². The van der Waals surface area contributed by atoms with Gasteiger partial charge in [-0.15, -0.1) is 0 Å². The van der Waals surface area contributed by atoms with Crippen LogP contribution in [0.1, 0.15) is 12.5 Å². The standard InChI is InChI=1S/C15H25O7P/c1-4-22-23(16,17)12-13-11-14(20-9-7-18-2)5-6-15(13)21-10-8-19-3/h5-6,11H,4,7-10,12H2,1-3H3,(H,16,17). The summed E-state index contributed by atoms with van der Waals surface area (Å²) < 4.78 is 37.9. The molecule has 0 aliphatic heterocycles. The van der Waals surface area contributed by atoms with Crippen molar-refractivity contribution < 1.29 is 32.9 Å². The predicted octanol–water partition coefficient (Wildman–Crippen LogP) is 2.46. The quantitative estimate of drug-likeness (QED) is 0.459. The lowest BCUT2D eigenvalue weighted by molar-refractivity contribution is 0.144. The molecule has 7 nitrogen and oxygen atoms in total. The van der Waals surface area contributed by atoms with Crippen molar-refractivity contribution in [1.82, 2.24) is 0 Å². The van der Waals surface area contributed by atoms with Gasteiger partial charge in [-0.3, -0.25) is 4.57 Å². The second-order valence-corrected chi connectivity index (χ2v) is 6.51. The topological polar surface area (TPSA) is 83.5 Å². The zero-order valence-corrected chi connectivity index (χ0v) is 14.7. The molecule has 0 amide bonds. The van der Waals surface area contributed by atoms with E-state index in [1.807, 2.05) is 0 Å². The molecule has 0 bridgehead atoms. The molecule has 0 aromatic heterocycles. The molecule has 0 saturated carbocycles. The van der Waals surface area contributed by atoms with E-state index in [0.29, 0.717) is 43.5 Å². The second kappa shape index (κ2) is 10.6. The molecule has 1 atom stereocenters. The Morgan fingerprint density at radius 1 is 1.04 bits per heavy atom. The summed E-state index contributed by atoms with van der Waals surface area (Å²) in [6.07, 6.45) is -0.148. The Morgan fingerprint density at radius 2 is 1.70 bits per heavy atom. The van der Waals surface area contributed by atoms with Gasteiger partial charge in [0.1, 0.15) is 24.7 Å². The van der Waals surface area contributed by atoms with Gasteiger partial charge in [0, 0.05) is 19.8 Å². The van der Waals surface area contributed by atoms with E-state index in [0.717, 1.165) is 0 Å². The minimum atomic E-state index is -3.72. The number of ether oxygens (including phenoxy) is 4. The molecule has 0 fully saturated rings. The third-order valence-corrected chi connectivity index (χ3v) is 4.24. The third-order valence-electron chi connectivity index (χ3n) is 2.83. The van der Waals surface area contributed by atoms with Gasteiger partial charge in [-0.05, 0) is 25.1 Å². The van der Waals surface area contributed by atoms with Crippen LogP contribution in [0.4, 0.5) is 0 Å². The fourth-order valence-corrected chi connectivity index (χ4v) is 3.02.